The van der Waals surface area contributed by atoms with E-state index in [0.717, 1.165) is 0 Å². The summed E-state index contributed by atoms with van der Waals surface area (Å²) in [6, 6.07) is 5.13. The van der Waals surface area contributed by atoms with Crippen LogP contribution in [0.25, 0.3) is 5.65 Å². The van der Waals surface area contributed by atoms with Crippen LogP contribution in [-0.4, -0.2) is 32.1 Å². The molecule has 1 atom stereocenters. The predicted molar refractivity (Wildman–Crippen MR) is 62.0 cm³/mol. The summed E-state index contributed by atoms with van der Waals surface area (Å²) in [5, 5.41) is 22.9. The van der Waals surface area contributed by atoms with Crippen molar-refractivity contribution in [3.05, 3.63) is 34.5 Å². The first-order valence-corrected chi connectivity index (χ1v) is 5.13. The Morgan fingerprint density at radius 2 is 2.41 bits per heavy atom. The van der Waals surface area contributed by atoms with Crippen molar-refractivity contribution in [2.75, 3.05) is 11.9 Å². The molecule has 0 fully saturated rings. The first kappa shape index (κ1) is 11.3. The number of pyridine rings is 1. The van der Waals surface area contributed by atoms with E-state index in [1.807, 2.05) is 0 Å². The SMILES string of the molecule is CC(O)CNc1nc2ccccn2c1[N+](=O)[O-]. The van der Waals surface area contributed by atoms with Crippen molar-refractivity contribution < 1.29 is 10.0 Å². The van der Waals surface area contributed by atoms with Gasteiger partial charge in [-0.2, -0.15) is 9.38 Å². The molecule has 0 saturated heterocycles. The summed E-state index contributed by atoms with van der Waals surface area (Å²) in [5.74, 6) is 0.0448. The Kier molecular flexibility index (Phi) is 2.92. The lowest BCUT2D eigenvalue weighted by Gasteiger charge is -2.04. The fraction of sp³-hybridized carbons (Fsp3) is 0.300. The molecule has 0 aliphatic rings. The molecule has 0 aliphatic heterocycles. The van der Waals surface area contributed by atoms with Gasteiger partial charge in [0.15, 0.2) is 0 Å². The Morgan fingerprint density at radius 1 is 1.65 bits per heavy atom. The number of nitro groups is 1. The van der Waals surface area contributed by atoms with Crippen LogP contribution in [0.5, 0.6) is 0 Å². The van der Waals surface area contributed by atoms with Crippen LogP contribution in [0.3, 0.4) is 0 Å². The molecule has 0 radical (unpaired) electrons. The van der Waals surface area contributed by atoms with Crippen LogP contribution < -0.4 is 5.32 Å². The van der Waals surface area contributed by atoms with Gasteiger partial charge in [0.1, 0.15) is 0 Å². The predicted octanol–water partition coefficient (Wildman–Crippen LogP) is 1.04. The molecule has 0 saturated carbocycles. The zero-order valence-corrected chi connectivity index (χ0v) is 9.20. The number of aliphatic hydroxyl groups excluding tert-OH is 1. The molecule has 1 unspecified atom stereocenters. The number of hydrogen-bond donors (Lipinski definition) is 2. The van der Waals surface area contributed by atoms with E-state index in [9.17, 15) is 10.1 Å². The zero-order valence-electron chi connectivity index (χ0n) is 9.20. The molecule has 0 spiro atoms. The summed E-state index contributed by atoms with van der Waals surface area (Å²) < 4.78 is 1.39. The molecule has 2 aromatic rings. The summed E-state index contributed by atoms with van der Waals surface area (Å²) in [7, 11) is 0. The van der Waals surface area contributed by atoms with Crippen molar-refractivity contribution in [3.8, 4) is 0 Å². The van der Waals surface area contributed by atoms with Gasteiger partial charge >= 0.3 is 5.82 Å². The molecule has 0 aliphatic carbocycles. The highest BCUT2D eigenvalue weighted by molar-refractivity contribution is 5.62. The minimum Gasteiger partial charge on any atom is -0.392 e. The van der Waals surface area contributed by atoms with Crippen LogP contribution in [0.4, 0.5) is 11.6 Å². The molecule has 2 aromatic heterocycles. The van der Waals surface area contributed by atoms with Gasteiger partial charge in [-0.05, 0) is 17.9 Å². The lowest BCUT2D eigenvalue weighted by molar-refractivity contribution is -0.389. The second-order valence-electron chi connectivity index (χ2n) is 3.70. The van der Waals surface area contributed by atoms with Crippen molar-refractivity contribution in [2.45, 2.75) is 13.0 Å². The molecular formula is C10H12N4O3. The van der Waals surface area contributed by atoms with E-state index >= 15 is 0 Å². The van der Waals surface area contributed by atoms with Gasteiger partial charge in [0.2, 0.25) is 11.5 Å². The average molecular weight is 236 g/mol. The van der Waals surface area contributed by atoms with Gasteiger partial charge in [-0.3, -0.25) is 0 Å². The number of aromatic nitrogens is 2. The lowest BCUT2D eigenvalue weighted by atomic mass is 10.4. The van der Waals surface area contributed by atoms with Crippen molar-refractivity contribution in [1.82, 2.24) is 9.38 Å². The zero-order chi connectivity index (χ0) is 12.4. The van der Waals surface area contributed by atoms with Crippen molar-refractivity contribution >= 4 is 17.3 Å². The number of nitrogens with one attached hydrogen (secondary N) is 1. The van der Waals surface area contributed by atoms with Crippen molar-refractivity contribution in [3.63, 3.8) is 0 Å². The Morgan fingerprint density at radius 3 is 3.06 bits per heavy atom. The normalized spacial score (nSPS) is 12.6. The van der Waals surface area contributed by atoms with E-state index in [1.165, 1.54) is 4.40 Å². The van der Waals surface area contributed by atoms with Gasteiger partial charge < -0.3 is 20.5 Å². The molecule has 7 nitrogen and oxygen atoms in total. The Hall–Kier alpha value is -2.15. The minimum absolute atomic E-state index is 0.124. The van der Waals surface area contributed by atoms with Crippen LogP contribution in [0.1, 0.15) is 6.92 Å². The van der Waals surface area contributed by atoms with Crippen LogP contribution in [0.15, 0.2) is 24.4 Å². The second-order valence-corrected chi connectivity index (χ2v) is 3.70. The first-order chi connectivity index (χ1) is 8.09. The largest absolute Gasteiger partial charge is 0.392 e. The number of nitrogens with zero attached hydrogens (tertiary/aromatic N) is 3. The van der Waals surface area contributed by atoms with Crippen LogP contribution in [0.2, 0.25) is 0 Å². The maximum atomic E-state index is 11.0. The third kappa shape index (κ3) is 2.18. The minimum atomic E-state index is -0.598. The molecule has 90 valence electrons. The molecule has 2 N–H and O–H groups in total. The van der Waals surface area contributed by atoms with Gasteiger partial charge in [0.05, 0.1) is 12.3 Å². The topological polar surface area (TPSA) is 92.7 Å². The summed E-state index contributed by atoms with van der Waals surface area (Å²) in [5.41, 5.74) is 0.493. The fourth-order valence-corrected chi connectivity index (χ4v) is 1.52. The number of aliphatic hydroxyl groups is 1. The van der Waals surface area contributed by atoms with E-state index in [0.29, 0.717) is 5.65 Å². The molecule has 7 heteroatoms. The summed E-state index contributed by atoms with van der Waals surface area (Å²) >= 11 is 0. The van der Waals surface area contributed by atoms with E-state index in [1.54, 1.807) is 31.3 Å². The molecule has 0 bridgehead atoms. The van der Waals surface area contributed by atoms with Gasteiger partial charge in [-0.25, -0.2) is 0 Å². The monoisotopic (exact) mass is 236 g/mol. The maximum absolute atomic E-state index is 11.0. The van der Waals surface area contributed by atoms with E-state index in [-0.39, 0.29) is 18.2 Å². The highest BCUT2D eigenvalue weighted by Gasteiger charge is 2.21. The summed E-state index contributed by atoms with van der Waals surface area (Å²) in [6.45, 7) is 1.80. The number of fused-ring (bicyclic) bond motifs is 1. The second kappa shape index (κ2) is 4.38. The molecule has 0 aromatic carbocycles. The highest BCUT2D eigenvalue weighted by Crippen LogP contribution is 2.24. The van der Waals surface area contributed by atoms with E-state index < -0.39 is 11.0 Å². The quantitative estimate of drug-likeness (QED) is 0.611. The van der Waals surface area contributed by atoms with E-state index in [2.05, 4.69) is 10.3 Å². The molecule has 0 amide bonds. The van der Waals surface area contributed by atoms with Crippen LogP contribution in [-0.2, 0) is 0 Å². The van der Waals surface area contributed by atoms with E-state index in [4.69, 9.17) is 5.11 Å². The average Bonchev–Trinajstić information content (AvgIpc) is 2.64. The summed E-state index contributed by atoms with van der Waals surface area (Å²) in [4.78, 5) is 14.6. The van der Waals surface area contributed by atoms with Gasteiger partial charge in [0.25, 0.3) is 0 Å². The third-order valence-electron chi connectivity index (χ3n) is 2.24. The highest BCUT2D eigenvalue weighted by atomic mass is 16.6. The Balaban J connectivity index is 2.46. The maximum Gasteiger partial charge on any atom is 0.372 e. The molecule has 2 heterocycles. The van der Waals surface area contributed by atoms with Crippen molar-refractivity contribution in [1.29, 1.82) is 0 Å². The van der Waals surface area contributed by atoms with Gasteiger partial charge in [-0.1, -0.05) is 6.07 Å². The number of imidazole rings is 1. The van der Waals surface area contributed by atoms with Crippen molar-refractivity contribution in [2.24, 2.45) is 0 Å². The first-order valence-electron chi connectivity index (χ1n) is 5.13. The fourth-order valence-electron chi connectivity index (χ4n) is 1.52. The Labute approximate surface area is 96.9 Å². The summed E-state index contributed by atoms with van der Waals surface area (Å²) in [6.07, 6.45) is 0.980. The Bertz CT molecular complexity index is 549. The lowest BCUT2D eigenvalue weighted by Crippen LogP contribution is -2.16. The number of hydrogen-bond acceptors (Lipinski definition) is 5. The third-order valence-corrected chi connectivity index (χ3v) is 2.24. The van der Waals surface area contributed by atoms with Crippen LogP contribution >= 0.6 is 0 Å². The number of anilines is 1. The van der Waals surface area contributed by atoms with Gasteiger partial charge in [-0.15, -0.1) is 0 Å². The van der Waals surface area contributed by atoms with Gasteiger partial charge in [0, 0.05) is 12.6 Å². The van der Waals surface area contributed by atoms with Crippen LogP contribution in [0, 0.1) is 10.1 Å². The molecule has 17 heavy (non-hydrogen) atoms. The smallest absolute Gasteiger partial charge is 0.372 e. The molecular weight excluding hydrogens is 224 g/mol. The standard InChI is InChI=1S/C10H12N4O3/c1-7(15)6-11-9-10(14(16)17)13-5-3-2-4-8(13)12-9/h2-5,7,11,15H,6H2,1H3. The molecule has 2 rings (SSSR count). The number of rotatable bonds is 4.